The van der Waals surface area contributed by atoms with Crippen molar-refractivity contribution in [2.24, 2.45) is 0 Å². The Hall–Kier alpha value is -3.79. The van der Waals surface area contributed by atoms with Crippen molar-refractivity contribution in [2.75, 3.05) is 20.7 Å². The molecule has 0 aliphatic heterocycles. The van der Waals surface area contributed by atoms with Gasteiger partial charge in [0, 0.05) is 28.3 Å². The molecule has 2 aromatic carbocycles. The van der Waals surface area contributed by atoms with Gasteiger partial charge < -0.3 is 15.2 Å². The molecule has 0 unspecified atom stereocenters. The van der Waals surface area contributed by atoms with E-state index >= 15 is 0 Å². The number of nitrogens with one attached hydrogen (secondary N) is 1. The van der Waals surface area contributed by atoms with Crippen LogP contribution in [0.3, 0.4) is 0 Å². The Bertz CT molecular complexity index is 1470. The molecule has 4 aromatic rings. The third-order valence-corrected chi connectivity index (χ3v) is 5.66. The third-order valence-electron chi connectivity index (χ3n) is 5.45. The number of carbonyl (C=O) groups is 2. The maximum absolute atomic E-state index is 14.7. The van der Waals surface area contributed by atoms with E-state index in [9.17, 15) is 23.5 Å². The predicted octanol–water partition coefficient (Wildman–Crippen LogP) is 5.37. The van der Waals surface area contributed by atoms with Crippen molar-refractivity contribution in [2.45, 2.75) is 19.4 Å². The fraction of sp³-hybridized carbons (Fsp3) is 0.214. The second-order valence-corrected chi connectivity index (χ2v) is 9.24. The number of nitrogens with zero attached hydrogens (tertiary/aromatic N) is 2. The van der Waals surface area contributed by atoms with E-state index in [4.69, 9.17) is 16.3 Å². The first-order chi connectivity index (χ1) is 18.0. The van der Waals surface area contributed by atoms with E-state index in [0.29, 0.717) is 27.4 Å². The summed E-state index contributed by atoms with van der Waals surface area (Å²) in [6.07, 6.45) is 2.32. The molecule has 10 heteroatoms. The van der Waals surface area contributed by atoms with Crippen LogP contribution >= 0.6 is 11.6 Å². The number of pyridine rings is 2. The summed E-state index contributed by atoms with van der Waals surface area (Å²) in [4.78, 5) is 31.0. The number of ketones is 1. The zero-order chi connectivity index (χ0) is 28.0. The van der Waals surface area contributed by atoms with Gasteiger partial charge in [0.05, 0.1) is 24.3 Å². The third kappa shape index (κ3) is 6.74. The van der Waals surface area contributed by atoms with Crippen LogP contribution in [0.25, 0.3) is 22.2 Å². The van der Waals surface area contributed by atoms with E-state index in [1.165, 1.54) is 44.2 Å². The Kier molecular flexibility index (Phi) is 9.22. The van der Waals surface area contributed by atoms with Gasteiger partial charge >= 0.3 is 0 Å². The Balaban J connectivity index is 0.000000230. The number of aliphatic hydroxyl groups is 1. The highest BCUT2D eigenvalue weighted by Gasteiger charge is 2.26. The summed E-state index contributed by atoms with van der Waals surface area (Å²) in [5.74, 6) is -0.947. The minimum atomic E-state index is -1.49. The number of aromatic nitrogens is 2. The maximum Gasteiger partial charge on any atom is 0.194 e. The highest BCUT2D eigenvalue weighted by molar-refractivity contribution is 6.31. The Labute approximate surface area is 223 Å². The first kappa shape index (κ1) is 28.8. The number of rotatable bonds is 7. The molecule has 0 fully saturated rings. The molecule has 2 N–H and O–H groups in total. The van der Waals surface area contributed by atoms with Crippen LogP contribution in [-0.2, 0) is 5.60 Å². The molecular formula is C28H26ClF2N3O4. The molecule has 0 saturated heterocycles. The second kappa shape index (κ2) is 12.2. The van der Waals surface area contributed by atoms with Crippen molar-refractivity contribution in [1.29, 1.82) is 0 Å². The molecule has 198 valence electrons. The molecule has 0 aliphatic carbocycles. The van der Waals surface area contributed by atoms with Gasteiger partial charge in [-0.3, -0.25) is 14.6 Å². The summed E-state index contributed by atoms with van der Waals surface area (Å²) in [5, 5.41) is 14.2. The number of likely N-dealkylation sites (N-methyl/N-ethyl adjacent to an activating group) is 1. The summed E-state index contributed by atoms with van der Waals surface area (Å²) in [6, 6.07) is 11.5. The van der Waals surface area contributed by atoms with Crippen LogP contribution in [0.5, 0.6) is 5.75 Å². The molecule has 0 amide bonds. The second-order valence-electron chi connectivity index (χ2n) is 8.80. The molecule has 2 aromatic heterocycles. The fourth-order valence-corrected chi connectivity index (χ4v) is 3.77. The number of fused-ring (bicyclic) bond motifs is 1. The minimum Gasteiger partial charge on any atom is -0.494 e. The van der Waals surface area contributed by atoms with Gasteiger partial charge in [-0.05, 0) is 69.4 Å². The summed E-state index contributed by atoms with van der Waals surface area (Å²) in [5.41, 5.74) is -0.00629. The quantitative estimate of drug-likeness (QED) is 0.240. The van der Waals surface area contributed by atoms with Gasteiger partial charge in [0.15, 0.2) is 11.6 Å². The lowest BCUT2D eigenvalue weighted by Gasteiger charge is -2.21. The van der Waals surface area contributed by atoms with Gasteiger partial charge in [0.2, 0.25) is 0 Å². The lowest BCUT2D eigenvalue weighted by atomic mass is 9.94. The number of ether oxygens (including phenoxy) is 1. The number of halogens is 3. The fourth-order valence-electron chi connectivity index (χ4n) is 3.60. The number of carbonyl (C=O) groups excluding carboxylic acids is 2. The standard InChI is InChI=1S/C17H18F2N2O2.C11H8ClNO2/c1-17(2,23)12-8-13(14(22)9-20-3)21-16(15(12)19)10-4-6-11(18)7-5-10;1-15-10-3-7(6-14)2-8-4-9(12)5-13-11(8)10/h4-8,20,23H,9H2,1-3H3;2-6H,1H3. The van der Waals surface area contributed by atoms with E-state index in [1.807, 2.05) is 0 Å². The van der Waals surface area contributed by atoms with Crippen LogP contribution in [0.1, 0.15) is 40.3 Å². The van der Waals surface area contributed by atoms with Gasteiger partial charge in [-0.1, -0.05) is 11.6 Å². The number of methoxy groups -OCH3 is 1. The van der Waals surface area contributed by atoms with Gasteiger partial charge in [0.25, 0.3) is 0 Å². The molecule has 4 rings (SSSR count). The van der Waals surface area contributed by atoms with Crippen molar-refractivity contribution in [1.82, 2.24) is 15.3 Å². The number of hydrogen-bond donors (Lipinski definition) is 2. The molecule has 0 spiro atoms. The largest absolute Gasteiger partial charge is 0.494 e. The van der Waals surface area contributed by atoms with Crippen LogP contribution in [-0.4, -0.2) is 47.8 Å². The lowest BCUT2D eigenvalue weighted by molar-refractivity contribution is 0.0743. The molecule has 38 heavy (non-hydrogen) atoms. The van der Waals surface area contributed by atoms with Crippen LogP contribution in [0.4, 0.5) is 8.78 Å². The number of Topliss-reactive ketones (excluding diaryl/α,β-unsaturated/α-hetero) is 1. The topological polar surface area (TPSA) is 101 Å². The van der Waals surface area contributed by atoms with Gasteiger partial charge in [-0.25, -0.2) is 13.8 Å². The SMILES string of the molecule is CNCC(=O)c1cc(C(C)(C)O)c(F)c(-c2ccc(F)cc2)n1.COc1cc(C=O)cc2cc(Cl)cnc12. The van der Waals surface area contributed by atoms with Gasteiger partial charge in [-0.15, -0.1) is 0 Å². The van der Waals surface area contributed by atoms with E-state index in [-0.39, 0.29) is 29.3 Å². The monoisotopic (exact) mass is 541 g/mol. The zero-order valence-corrected chi connectivity index (χ0v) is 21.9. The van der Waals surface area contributed by atoms with Crippen molar-refractivity contribution in [3.63, 3.8) is 0 Å². The van der Waals surface area contributed by atoms with E-state index in [1.54, 1.807) is 38.6 Å². The summed E-state index contributed by atoms with van der Waals surface area (Å²) in [6.45, 7) is 2.88. The van der Waals surface area contributed by atoms with Gasteiger partial charge in [0.1, 0.15) is 34.8 Å². The normalized spacial score (nSPS) is 11.1. The molecule has 7 nitrogen and oxygen atoms in total. The maximum atomic E-state index is 14.7. The molecule has 0 bridgehead atoms. The van der Waals surface area contributed by atoms with Gasteiger partial charge in [-0.2, -0.15) is 0 Å². The average Bonchev–Trinajstić information content (AvgIpc) is 2.88. The Morgan fingerprint density at radius 3 is 2.42 bits per heavy atom. The first-order valence-electron chi connectivity index (χ1n) is 11.4. The molecule has 0 atom stereocenters. The average molecular weight is 542 g/mol. The highest BCUT2D eigenvalue weighted by Crippen LogP contribution is 2.31. The minimum absolute atomic E-state index is 0.0345. The predicted molar refractivity (Wildman–Crippen MR) is 142 cm³/mol. The van der Waals surface area contributed by atoms with Crippen LogP contribution in [0.15, 0.2) is 54.7 Å². The summed E-state index contributed by atoms with van der Waals surface area (Å²) in [7, 11) is 3.15. The van der Waals surface area contributed by atoms with E-state index in [2.05, 4.69) is 15.3 Å². The van der Waals surface area contributed by atoms with Crippen LogP contribution in [0, 0.1) is 11.6 Å². The molecule has 0 saturated carbocycles. The van der Waals surface area contributed by atoms with Crippen molar-refractivity contribution in [3.8, 4) is 17.0 Å². The number of hydrogen-bond acceptors (Lipinski definition) is 7. The van der Waals surface area contributed by atoms with Crippen molar-refractivity contribution in [3.05, 3.63) is 88.2 Å². The number of benzene rings is 2. The summed E-state index contributed by atoms with van der Waals surface area (Å²) >= 11 is 5.82. The Morgan fingerprint density at radius 2 is 1.84 bits per heavy atom. The highest BCUT2D eigenvalue weighted by atomic mass is 35.5. The first-order valence-corrected chi connectivity index (χ1v) is 11.8. The lowest BCUT2D eigenvalue weighted by Crippen LogP contribution is -2.23. The number of aldehydes is 1. The van der Waals surface area contributed by atoms with Crippen molar-refractivity contribution >= 4 is 34.6 Å². The smallest absolute Gasteiger partial charge is 0.194 e. The molecule has 0 aliphatic rings. The van der Waals surface area contributed by atoms with Crippen LogP contribution in [0.2, 0.25) is 5.02 Å². The molecular weight excluding hydrogens is 516 g/mol. The molecule has 0 radical (unpaired) electrons. The van der Waals surface area contributed by atoms with E-state index in [0.717, 1.165) is 11.7 Å². The Morgan fingerprint density at radius 1 is 1.16 bits per heavy atom. The van der Waals surface area contributed by atoms with Crippen LogP contribution < -0.4 is 10.1 Å². The molecule has 2 heterocycles. The zero-order valence-electron chi connectivity index (χ0n) is 21.2. The van der Waals surface area contributed by atoms with Crippen molar-refractivity contribution < 1.29 is 28.2 Å². The van der Waals surface area contributed by atoms with E-state index < -0.39 is 17.2 Å². The summed E-state index contributed by atoms with van der Waals surface area (Å²) < 4.78 is 32.9.